The van der Waals surface area contributed by atoms with E-state index in [2.05, 4.69) is 86.8 Å². The van der Waals surface area contributed by atoms with Crippen LogP contribution >= 0.6 is 0 Å². The zero-order valence-electron chi connectivity index (χ0n) is 42.2. The molecular weight excluding hydrogens is 829 g/mol. The Labute approximate surface area is 404 Å². The molecule has 0 aromatic carbocycles. The molecule has 1 aliphatic heterocycles. The van der Waals surface area contributed by atoms with E-state index in [4.69, 9.17) is 18.9 Å². The van der Waals surface area contributed by atoms with Crippen molar-refractivity contribution in [2.45, 2.75) is 256 Å². The van der Waals surface area contributed by atoms with Crippen LogP contribution in [0, 0.1) is 0 Å². The van der Waals surface area contributed by atoms with Gasteiger partial charge in [-0.15, -0.1) is 0 Å². The minimum Gasteiger partial charge on any atom is -0.457 e. The summed E-state index contributed by atoms with van der Waals surface area (Å²) >= 11 is 0. The van der Waals surface area contributed by atoms with E-state index >= 15 is 0 Å². The molecule has 9 heteroatoms. The topological polar surface area (TPSA) is 135 Å². The largest absolute Gasteiger partial charge is 0.457 e. The van der Waals surface area contributed by atoms with Gasteiger partial charge < -0.3 is 39.4 Å². The number of rotatable bonds is 46. The third-order valence-corrected chi connectivity index (χ3v) is 12.1. The third-order valence-electron chi connectivity index (χ3n) is 12.1. The summed E-state index contributed by atoms with van der Waals surface area (Å²) in [6.07, 6.45) is 56.5. The Balaban J connectivity index is 2.20. The van der Waals surface area contributed by atoms with Gasteiger partial charge in [-0.1, -0.05) is 202 Å². The quantitative estimate of drug-likeness (QED) is 0.0267. The van der Waals surface area contributed by atoms with Gasteiger partial charge in [-0.25, -0.2) is 0 Å². The van der Waals surface area contributed by atoms with Crippen molar-refractivity contribution in [1.29, 1.82) is 0 Å². The number of ether oxygens (including phenoxy) is 4. The molecule has 1 aliphatic rings. The molecule has 9 nitrogen and oxygen atoms in total. The van der Waals surface area contributed by atoms with Gasteiger partial charge in [0.05, 0.1) is 19.8 Å². The normalized spacial score (nSPS) is 19.9. The highest BCUT2D eigenvalue weighted by Gasteiger charge is 2.44. The number of hydrogen-bond donors (Lipinski definition) is 4. The second-order valence-electron chi connectivity index (χ2n) is 18.3. The third kappa shape index (κ3) is 37.6. The van der Waals surface area contributed by atoms with Crippen LogP contribution in [-0.2, 0) is 23.7 Å². The van der Waals surface area contributed by atoms with E-state index in [9.17, 15) is 25.2 Å². The first kappa shape index (κ1) is 61.6. The van der Waals surface area contributed by atoms with Crippen molar-refractivity contribution in [2.24, 2.45) is 0 Å². The summed E-state index contributed by atoms with van der Waals surface area (Å²) in [5.74, 6) is -0.320. The first-order valence-corrected chi connectivity index (χ1v) is 27.0. The van der Waals surface area contributed by atoms with Gasteiger partial charge in [-0.2, -0.15) is 0 Å². The average molecular weight is 929 g/mol. The Kier molecular flexibility index (Phi) is 44.5. The summed E-state index contributed by atoms with van der Waals surface area (Å²) < 4.78 is 22.9. The van der Waals surface area contributed by atoms with E-state index in [1.807, 2.05) is 0 Å². The molecule has 1 fully saturated rings. The lowest BCUT2D eigenvalue weighted by molar-refractivity contribution is -0.305. The number of carbonyl (C=O) groups is 1. The number of aliphatic hydroxyl groups is 4. The van der Waals surface area contributed by atoms with Crippen LogP contribution in [0.25, 0.3) is 0 Å². The number of allylic oxidation sites excluding steroid dienone is 12. The van der Waals surface area contributed by atoms with Crippen LogP contribution in [0.3, 0.4) is 0 Å². The lowest BCUT2D eigenvalue weighted by atomic mass is 9.99. The predicted octanol–water partition coefficient (Wildman–Crippen LogP) is 13.6. The number of aliphatic hydroxyl groups excluding tert-OH is 4. The smallest absolute Gasteiger partial charge is 0.306 e. The van der Waals surface area contributed by atoms with Gasteiger partial charge >= 0.3 is 5.97 Å². The molecule has 0 aromatic heterocycles. The second kappa shape index (κ2) is 47.7. The van der Waals surface area contributed by atoms with Gasteiger partial charge in [0, 0.05) is 13.0 Å². The van der Waals surface area contributed by atoms with Gasteiger partial charge in [0.1, 0.15) is 30.5 Å². The monoisotopic (exact) mass is 929 g/mol. The standard InChI is InChI=1S/C57H100O9/c1-3-5-7-9-11-13-15-17-19-21-23-24-25-26-27-29-31-33-35-37-39-41-43-45-47-63-49-51(50-64-57-56(62)55(61)54(60)52(48-58)66-57)65-53(59)46-44-42-40-38-36-34-32-30-28-22-20-18-16-14-12-10-8-6-4-2/h5,7,11,13,17-20,23-24,26-27,51-52,54-58,60-62H,3-4,6,8-10,12,14-16,21-22,25,28-50H2,1-2H3/b7-5-,13-11-,19-17-,20-18-,24-23-,27-26-. The van der Waals surface area contributed by atoms with E-state index < -0.39 is 43.4 Å². The van der Waals surface area contributed by atoms with Gasteiger partial charge in [0.2, 0.25) is 0 Å². The molecule has 1 saturated heterocycles. The summed E-state index contributed by atoms with van der Waals surface area (Å²) in [4.78, 5) is 12.9. The van der Waals surface area contributed by atoms with Crippen LogP contribution < -0.4 is 0 Å². The van der Waals surface area contributed by atoms with Crippen molar-refractivity contribution < 1.29 is 44.2 Å². The number of hydrogen-bond acceptors (Lipinski definition) is 9. The van der Waals surface area contributed by atoms with E-state index in [1.165, 1.54) is 122 Å². The molecule has 0 radical (unpaired) electrons. The van der Waals surface area contributed by atoms with Crippen molar-refractivity contribution >= 4 is 5.97 Å². The van der Waals surface area contributed by atoms with Crippen LogP contribution in [0.4, 0.5) is 0 Å². The molecule has 382 valence electrons. The molecular formula is C57H100O9. The fourth-order valence-corrected chi connectivity index (χ4v) is 7.93. The molecule has 66 heavy (non-hydrogen) atoms. The van der Waals surface area contributed by atoms with Crippen LogP contribution in [-0.4, -0.2) is 89.6 Å². The summed E-state index contributed by atoms with van der Waals surface area (Å²) in [5, 5.41) is 40.3. The van der Waals surface area contributed by atoms with E-state index in [1.54, 1.807) is 0 Å². The minimum atomic E-state index is -1.54. The first-order valence-electron chi connectivity index (χ1n) is 27.0. The lowest BCUT2D eigenvalue weighted by Crippen LogP contribution is -2.59. The van der Waals surface area contributed by atoms with Gasteiger partial charge in [-0.3, -0.25) is 4.79 Å². The molecule has 6 atom stereocenters. The highest BCUT2D eigenvalue weighted by Crippen LogP contribution is 2.23. The zero-order valence-corrected chi connectivity index (χ0v) is 42.2. The van der Waals surface area contributed by atoms with Gasteiger partial charge in [0.25, 0.3) is 0 Å². The van der Waals surface area contributed by atoms with Crippen molar-refractivity contribution in [3.8, 4) is 0 Å². The highest BCUT2D eigenvalue weighted by molar-refractivity contribution is 5.69. The fraction of sp³-hybridized carbons (Fsp3) is 0.772. The molecule has 1 rings (SSSR count). The van der Waals surface area contributed by atoms with Crippen molar-refractivity contribution in [1.82, 2.24) is 0 Å². The minimum absolute atomic E-state index is 0.120. The van der Waals surface area contributed by atoms with Crippen LogP contribution in [0.5, 0.6) is 0 Å². The Hall–Kier alpha value is -2.37. The molecule has 0 bridgehead atoms. The Morgan fingerprint density at radius 3 is 1.41 bits per heavy atom. The fourth-order valence-electron chi connectivity index (χ4n) is 7.93. The molecule has 0 spiro atoms. The SMILES string of the molecule is CC/C=C\C/C=C\C/C=C\C/C=C\C/C=C\CCCCCCCCCCOCC(COC1OC(CO)C(O)C(O)C1O)OC(=O)CCCCCCCCCCC/C=C\CCCCCCCC. The van der Waals surface area contributed by atoms with Crippen LogP contribution in [0.2, 0.25) is 0 Å². The van der Waals surface area contributed by atoms with E-state index in [0.29, 0.717) is 13.0 Å². The summed E-state index contributed by atoms with van der Waals surface area (Å²) in [7, 11) is 0. The number of carbonyl (C=O) groups excluding carboxylic acids is 1. The van der Waals surface area contributed by atoms with E-state index in [0.717, 1.165) is 77.0 Å². The Bertz CT molecular complexity index is 1240. The Morgan fingerprint density at radius 1 is 0.500 bits per heavy atom. The maximum Gasteiger partial charge on any atom is 0.306 e. The molecule has 0 amide bonds. The van der Waals surface area contributed by atoms with Crippen molar-refractivity contribution in [2.75, 3.05) is 26.4 Å². The summed E-state index contributed by atoms with van der Waals surface area (Å²) in [6, 6.07) is 0. The maximum atomic E-state index is 12.9. The second-order valence-corrected chi connectivity index (χ2v) is 18.3. The highest BCUT2D eigenvalue weighted by atomic mass is 16.7. The van der Waals surface area contributed by atoms with Gasteiger partial charge in [0.15, 0.2) is 6.29 Å². The van der Waals surface area contributed by atoms with Crippen molar-refractivity contribution in [3.05, 3.63) is 72.9 Å². The molecule has 6 unspecified atom stereocenters. The molecule has 1 heterocycles. The average Bonchev–Trinajstić information content (AvgIpc) is 3.32. The molecule has 0 aromatic rings. The summed E-state index contributed by atoms with van der Waals surface area (Å²) in [6.45, 7) is 4.43. The summed E-state index contributed by atoms with van der Waals surface area (Å²) in [5.41, 5.74) is 0. The van der Waals surface area contributed by atoms with Gasteiger partial charge in [-0.05, 0) is 83.5 Å². The zero-order chi connectivity index (χ0) is 47.8. The maximum absolute atomic E-state index is 12.9. The predicted molar refractivity (Wildman–Crippen MR) is 274 cm³/mol. The molecule has 0 aliphatic carbocycles. The number of unbranched alkanes of at least 4 members (excludes halogenated alkanes) is 23. The molecule has 0 saturated carbocycles. The van der Waals surface area contributed by atoms with Crippen LogP contribution in [0.15, 0.2) is 72.9 Å². The van der Waals surface area contributed by atoms with Crippen LogP contribution in [0.1, 0.15) is 219 Å². The van der Waals surface area contributed by atoms with E-state index in [-0.39, 0.29) is 19.2 Å². The lowest BCUT2D eigenvalue weighted by Gasteiger charge is -2.39. The first-order chi connectivity index (χ1) is 32.4. The van der Waals surface area contributed by atoms with Crippen molar-refractivity contribution in [3.63, 3.8) is 0 Å². The Morgan fingerprint density at radius 2 is 0.924 bits per heavy atom. The molecule has 4 N–H and O–H groups in total. The number of esters is 1.